The zero-order chi connectivity index (χ0) is 16.6. The predicted molar refractivity (Wildman–Crippen MR) is 82.9 cm³/mol. The molecule has 0 fully saturated rings. The Morgan fingerprint density at radius 1 is 1.04 bits per heavy atom. The average molecular weight is 334 g/mol. The lowest BCUT2D eigenvalue weighted by Crippen LogP contribution is -2.10. The fraction of sp³-hybridized carbons (Fsp3) is 0.214. The van der Waals surface area contributed by atoms with E-state index >= 15 is 0 Å². The minimum Gasteiger partial charge on any atom is -0.494 e. The Labute approximate surface area is 132 Å². The highest BCUT2D eigenvalue weighted by Crippen LogP contribution is 2.35. The summed E-state index contributed by atoms with van der Waals surface area (Å²) in [5.41, 5.74) is 0.928. The van der Waals surface area contributed by atoms with Gasteiger partial charge in [0.1, 0.15) is 17.2 Å². The van der Waals surface area contributed by atoms with Gasteiger partial charge in [-0.2, -0.15) is 4.98 Å². The predicted octanol–water partition coefficient (Wildman–Crippen LogP) is 1.24. The number of nitrogens with zero attached hydrogens (tertiary/aromatic N) is 4. The van der Waals surface area contributed by atoms with Gasteiger partial charge in [0.25, 0.3) is 0 Å². The highest BCUT2D eigenvalue weighted by molar-refractivity contribution is 7.90. The van der Waals surface area contributed by atoms with Crippen LogP contribution in [0, 0.1) is 0 Å². The Morgan fingerprint density at radius 2 is 1.65 bits per heavy atom. The quantitative estimate of drug-likeness (QED) is 0.708. The lowest BCUT2D eigenvalue weighted by molar-refractivity contribution is 0.390. The van der Waals surface area contributed by atoms with Crippen molar-refractivity contribution in [3.8, 4) is 17.2 Å². The first-order valence-corrected chi connectivity index (χ1v) is 8.47. The van der Waals surface area contributed by atoms with E-state index < -0.39 is 9.84 Å². The molecule has 0 N–H and O–H groups in total. The summed E-state index contributed by atoms with van der Waals surface area (Å²) in [5.74, 6) is 0.860. The summed E-state index contributed by atoms with van der Waals surface area (Å²) in [7, 11) is -0.654. The minimum absolute atomic E-state index is 0.179. The zero-order valence-corrected chi connectivity index (χ0v) is 13.5. The van der Waals surface area contributed by atoms with Gasteiger partial charge in [-0.05, 0) is 12.1 Å². The number of fused-ring (bicyclic) bond motifs is 1. The molecule has 0 spiro atoms. The number of ether oxygens (including phenoxy) is 2. The summed E-state index contributed by atoms with van der Waals surface area (Å²) < 4.78 is 36.4. The van der Waals surface area contributed by atoms with Gasteiger partial charge in [0.2, 0.25) is 15.0 Å². The van der Waals surface area contributed by atoms with E-state index in [1.54, 1.807) is 18.2 Å². The normalized spacial score (nSPS) is 11.6. The van der Waals surface area contributed by atoms with E-state index in [4.69, 9.17) is 9.47 Å². The van der Waals surface area contributed by atoms with Gasteiger partial charge in [0, 0.05) is 18.6 Å². The van der Waals surface area contributed by atoms with Crippen molar-refractivity contribution in [3.05, 3.63) is 30.6 Å². The molecule has 2 aromatic heterocycles. The standard InChI is InChI=1S/C14H14N4O4S/c1-21-9-5-4-6-10(22-2)11(9)18-13-12(15-7-8-16-13)17-14(18)23(3,19)20/h4-8H,1-3H3. The maximum absolute atomic E-state index is 12.2. The van der Waals surface area contributed by atoms with Crippen molar-refractivity contribution >= 4 is 21.1 Å². The molecule has 120 valence electrons. The summed E-state index contributed by atoms with van der Waals surface area (Å²) in [5, 5.41) is -0.179. The van der Waals surface area contributed by atoms with Crippen LogP contribution in [-0.4, -0.2) is 48.4 Å². The molecule has 23 heavy (non-hydrogen) atoms. The second-order valence-electron chi connectivity index (χ2n) is 4.72. The third-order valence-electron chi connectivity index (χ3n) is 3.22. The number of para-hydroxylation sites is 1. The van der Waals surface area contributed by atoms with Crippen LogP contribution in [0.2, 0.25) is 0 Å². The molecule has 1 aromatic carbocycles. The fourth-order valence-corrected chi connectivity index (χ4v) is 3.06. The molecule has 0 aliphatic rings. The Hall–Kier alpha value is -2.68. The maximum Gasteiger partial charge on any atom is 0.236 e. The summed E-state index contributed by atoms with van der Waals surface area (Å²) in [4.78, 5) is 12.4. The van der Waals surface area contributed by atoms with Crippen LogP contribution in [0.4, 0.5) is 0 Å². The van der Waals surface area contributed by atoms with Crippen molar-refractivity contribution in [2.75, 3.05) is 20.5 Å². The van der Waals surface area contributed by atoms with E-state index in [-0.39, 0.29) is 10.8 Å². The summed E-state index contributed by atoms with van der Waals surface area (Å²) >= 11 is 0. The first kappa shape index (κ1) is 15.2. The lowest BCUT2D eigenvalue weighted by Gasteiger charge is -2.15. The second kappa shape index (κ2) is 5.51. The zero-order valence-electron chi connectivity index (χ0n) is 12.7. The summed E-state index contributed by atoms with van der Waals surface area (Å²) in [6, 6.07) is 5.14. The number of methoxy groups -OCH3 is 2. The van der Waals surface area contributed by atoms with Gasteiger partial charge >= 0.3 is 0 Å². The van der Waals surface area contributed by atoms with E-state index in [1.807, 2.05) is 0 Å². The number of hydrogen-bond acceptors (Lipinski definition) is 7. The first-order valence-electron chi connectivity index (χ1n) is 6.58. The molecule has 0 atom stereocenters. The van der Waals surface area contributed by atoms with E-state index in [0.717, 1.165) is 6.26 Å². The van der Waals surface area contributed by atoms with Gasteiger partial charge in [0.05, 0.1) is 14.2 Å². The van der Waals surface area contributed by atoms with Crippen molar-refractivity contribution in [2.24, 2.45) is 0 Å². The van der Waals surface area contributed by atoms with E-state index in [1.165, 1.54) is 31.2 Å². The van der Waals surface area contributed by atoms with Crippen LogP contribution in [0.1, 0.15) is 0 Å². The molecule has 3 rings (SSSR count). The average Bonchev–Trinajstić information content (AvgIpc) is 2.93. The van der Waals surface area contributed by atoms with Crippen LogP contribution in [0.5, 0.6) is 11.5 Å². The van der Waals surface area contributed by atoms with Crippen molar-refractivity contribution in [3.63, 3.8) is 0 Å². The monoisotopic (exact) mass is 334 g/mol. The van der Waals surface area contributed by atoms with E-state index in [0.29, 0.717) is 22.8 Å². The van der Waals surface area contributed by atoms with Gasteiger partial charge < -0.3 is 9.47 Å². The van der Waals surface area contributed by atoms with Crippen LogP contribution in [0.15, 0.2) is 35.7 Å². The molecular weight excluding hydrogens is 320 g/mol. The smallest absolute Gasteiger partial charge is 0.236 e. The molecular formula is C14H14N4O4S. The number of rotatable bonds is 4. The number of aromatic nitrogens is 4. The molecule has 0 unspecified atom stereocenters. The molecule has 8 nitrogen and oxygen atoms in total. The van der Waals surface area contributed by atoms with E-state index in [9.17, 15) is 8.42 Å². The Kier molecular flexibility index (Phi) is 3.64. The maximum atomic E-state index is 12.2. The van der Waals surface area contributed by atoms with Crippen LogP contribution < -0.4 is 9.47 Å². The molecule has 0 aliphatic carbocycles. The minimum atomic E-state index is -3.63. The number of hydrogen-bond donors (Lipinski definition) is 0. The fourth-order valence-electron chi connectivity index (χ4n) is 2.29. The number of sulfone groups is 1. The molecule has 2 heterocycles. The summed E-state index contributed by atoms with van der Waals surface area (Å²) in [6.07, 6.45) is 3.99. The molecule has 0 bridgehead atoms. The lowest BCUT2D eigenvalue weighted by atomic mass is 10.2. The molecule has 0 saturated heterocycles. The highest BCUT2D eigenvalue weighted by Gasteiger charge is 2.26. The largest absolute Gasteiger partial charge is 0.494 e. The van der Waals surface area contributed by atoms with Crippen LogP contribution in [-0.2, 0) is 9.84 Å². The topological polar surface area (TPSA) is 96.2 Å². The molecule has 0 saturated carbocycles. The van der Waals surface area contributed by atoms with Gasteiger partial charge in [-0.25, -0.2) is 18.4 Å². The van der Waals surface area contributed by atoms with Crippen molar-refractivity contribution in [2.45, 2.75) is 5.16 Å². The van der Waals surface area contributed by atoms with Crippen LogP contribution >= 0.6 is 0 Å². The molecule has 0 radical (unpaired) electrons. The van der Waals surface area contributed by atoms with Gasteiger partial charge in [-0.3, -0.25) is 4.57 Å². The van der Waals surface area contributed by atoms with Crippen molar-refractivity contribution in [1.29, 1.82) is 0 Å². The Bertz CT molecular complexity index is 959. The van der Waals surface area contributed by atoms with Crippen molar-refractivity contribution in [1.82, 2.24) is 19.5 Å². The first-order chi connectivity index (χ1) is 11.0. The summed E-state index contributed by atoms with van der Waals surface area (Å²) in [6.45, 7) is 0. The number of imidazole rings is 1. The van der Waals surface area contributed by atoms with Crippen LogP contribution in [0.25, 0.3) is 17.0 Å². The van der Waals surface area contributed by atoms with Crippen LogP contribution in [0.3, 0.4) is 0 Å². The van der Waals surface area contributed by atoms with Gasteiger partial charge in [0.15, 0.2) is 11.3 Å². The Balaban J connectivity index is 2.50. The Morgan fingerprint density at radius 3 is 2.22 bits per heavy atom. The third-order valence-corrected chi connectivity index (χ3v) is 4.16. The van der Waals surface area contributed by atoms with E-state index in [2.05, 4.69) is 15.0 Å². The third kappa shape index (κ3) is 2.48. The molecule has 0 aliphatic heterocycles. The second-order valence-corrected chi connectivity index (χ2v) is 6.63. The number of benzene rings is 1. The molecule has 3 aromatic rings. The molecule has 9 heteroatoms. The van der Waals surface area contributed by atoms with Crippen molar-refractivity contribution < 1.29 is 17.9 Å². The van der Waals surface area contributed by atoms with Gasteiger partial charge in [-0.1, -0.05) is 6.07 Å². The van der Waals surface area contributed by atoms with Gasteiger partial charge in [-0.15, -0.1) is 0 Å². The highest BCUT2D eigenvalue weighted by atomic mass is 32.2. The molecule has 0 amide bonds. The SMILES string of the molecule is COc1cccc(OC)c1-n1c(S(C)(=O)=O)nc2nccnc21.